The zero-order valence-corrected chi connectivity index (χ0v) is 8.33. The highest BCUT2D eigenvalue weighted by Crippen LogP contribution is 1.28. The van der Waals surface area contributed by atoms with Crippen molar-refractivity contribution in [2.75, 3.05) is 19.6 Å². The molecular formula is C4H14Br2N2. The summed E-state index contributed by atoms with van der Waals surface area (Å²) in [5.74, 6) is 0. The molecule has 2 nitrogen and oxygen atoms in total. The molecule has 0 fully saturated rings. The maximum Gasteiger partial charge on any atom is 0.125 e. The average molecular weight is 250 g/mol. The number of nitrogens with two attached hydrogens (primary N) is 1. The number of rotatable bonds is 3. The third-order valence-electron chi connectivity index (χ3n) is 0.697. The predicted molar refractivity (Wildman–Crippen MR) is 25.1 cm³/mol. The summed E-state index contributed by atoms with van der Waals surface area (Å²) in [6.07, 6.45) is 0. The molecule has 0 rings (SSSR count). The lowest BCUT2D eigenvalue weighted by Crippen LogP contribution is -3.00. The van der Waals surface area contributed by atoms with Crippen molar-refractivity contribution < 1.29 is 45.0 Å². The SMILES string of the molecule is CC[NH2+]CC[NH3+].[Br-].[Br-]. The second kappa shape index (κ2) is 15.7. The summed E-state index contributed by atoms with van der Waals surface area (Å²) in [6.45, 7) is 5.56. The van der Waals surface area contributed by atoms with Gasteiger partial charge in [-0.1, -0.05) is 0 Å². The summed E-state index contributed by atoms with van der Waals surface area (Å²) in [5.41, 5.74) is 3.69. The van der Waals surface area contributed by atoms with E-state index in [0.29, 0.717) is 0 Å². The number of hydrogen-bond acceptors (Lipinski definition) is 0. The Morgan fingerprint density at radius 3 is 2.00 bits per heavy atom. The maximum atomic E-state index is 3.69. The van der Waals surface area contributed by atoms with Crippen LogP contribution in [0.3, 0.4) is 0 Å². The van der Waals surface area contributed by atoms with Gasteiger partial charge in [0.1, 0.15) is 13.1 Å². The highest BCUT2D eigenvalue weighted by Gasteiger charge is 1.78. The molecule has 5 N–H and O–H groups in total. The summed E-state index contributed by atoms with van der Waals surface area (Å²) in [7, 11) is 0. The van der Waals surface area contributed by atoms with Crippen molar-refractivity contribution >= 4 is 0 Å². The second-order valence-electron chi connectivity index (χ2n) is 1.34. The summed E-state index contributed by atoms with van der Waals surface area (Å²) in [4.78, 5) is 0. The molecule has 0 spiro atoms. The molecular weight excluding hydrogens is 236 g/mol. The van der Waals surface area contributed by atoms with Crippen LogP contribution in [0.5, 0.6) is 0 Å². The van der Waals surface area contributed by atoms with Crippen LogP contribution in [-0.2, 0) is 0 Å². The fourth-order valence-corrected chi connectivity index (χ4v) is 0.348. The lowest BCUT2D eigenvalue weighted by atomic mass is 10.6. The molecule has 8 heavy (non-hydrogen) atoms. The molecule has 0 aromatic carbocycles. The van der Waals surface area contributed by atoms with E-state index in [1.54, 1.807) is 0 Å². The van der Waals surface area contributed by atoms with Crippen LogP contribution >= 0.6 is 0 Å². The Hall–Kier alpha value is 0.880. The van der Waals surface area contributed by atoms with E-state index in [0.717, 1.165) is 6.54 Å². The Balaban J connectivity index is -0.000000125. The minimum absolute atomic E-state index is 0. The molecule has 0 aliphatic carbocycles. The van der Waals surface area contributed by atoms with E-state index in [2.05, 4.69) is 18.0 Å². The monoisotopic (exact) mass is 248 g/mol. The normalized spacial score (nSPS) is 6.75. The van der Waals surface area contributed by atoms with Gasteiger partial charge in [0.15, 0.2) is 0 Å². The first-order valence-corrected chi connectivity index (χ1v) is 2.52. The first kappa shape index (κ1) is 15.9. The lowest BCUT2D eigenvalue weighted by Gasteiger charge is -1.86. The van der Waals surface area contributed by atoms with Crippen LogP contribution in [0.25, 0.3) is 0 Å². The van der Waals surface area contributed by atoms with E-state index in [1.165, 1.54) is 13.1 Å². The number of likely N-dealkylation sites (N-methyl/N-ethyl adjacent to an activating group) is 1. The van der Waals surface area contributed by atoms with Crippen molar-refractivity contribution in [1.82, 2.24) is 0 Å². The Labute approximate surface area is 71.7 Å². The molecule has 0 aromatic heterocycles. The van der Waals surface area contributed by atoms with Crippen LogP contribution in [0.15, 0.2) is 0 Å². The van der Waals surface area contributed by atoms with Gasteiger partial charge in [0.2, 0.25) is 0 Å². The van der Waals surface area contributed by atoms with Gasteiger partial charge in [-0.3, -0.25) is 0 Å². The summed E-state index contributed by atoms with van der Waals surface area (Å²) < 4.78 is 0. The molecule has 0 amide bonds. The van der Waals surface area contributed by atoms with E-state index < -0.39 is 0 Å². The third-order valence-corrected chi connectivity index (χ3v) is 0.697. The van der Waals surface area contributed by atoms with E-state index in [9.17, 15) is 0 Å². The molecule has 0 unspecified atom stereocenters. The zero-order chi connectivity index (χ0) is 4.83. The van der Waals surface area contributed by atoms with Gasteiger partial charge < -0.3 is 45.0 Å². The van der Waals surface area contributed by atoms with Gasteiger partial charge in [0.25, 0.3) is 0 Å². The lowest BCUT2D eigenvalue weighted by molar-refractivity contribution is -0.667. The van der Waals surface area contributed by atoms with Gasteiger partial charge in [-0.25, -0.2) is 0 Å². The van der Waals surface area contributed by atoms with Crippen LogP contribution in [-0.4, -0.2) is 19.6 Å². The number of halogens is 2. The van der Waals surface area contributed by atoms with Crippen LogP contribution in [0.1, 0.15) is 6.92 Å². The van der Waals surface area contributed by atoms with Gasteiger partial charge >= 0.3 is 0 Å². The molecule has 0 radical (unpaired) electrons. The fraction of sp³-hybridized carbons (Fsp3) is 1.00. The van der Waals surface area contributed by atoms with E-state index in [-0.39, 0.29) is 34.0 Å². The average Bonchev–Trinajstić information content (AvgIpc) is 1.61. The molecule has 0 aliphatic rings. The minimum atomic E-state index is 0. The highest BCUT2D eigenvalue weighted by molar-refractivity contribution is 4.07. The van der Waals surface area contributed by atoms with Crippen molar-refractivity contribution in [2.45, 2.75) is 6.92 Å². The molecule has 0 aliphatic heterocycles. The standard InChI is InChI=1S/C4H12N2.2BrH/c1-2-6-4-3-5;;/h6H,2-5H2,1H3;2*1H. The summed E-state index contributed by atoms with van der Waals surface area (Å²) in [5, 5.41) is 2.24. The van der Waals surface area contributed by atoms with Crippen LogP contribution in [0, 0.1) is 0 Å². The molecule has 0 bridgehead atoms. The predicted octanol–water partition coefficient (Wildman–Crippen LogP) is -8.18. The second-order valence-corrected chi connectivity index (χ2v) is 1.34. The van der Waals surface area contributed by atoms with Crippen molar-refractivity contribution in [3.63, 3.8) is 0 Å². The maximum absolute atomic E-state index is 3.69. The highest BCUT2D eigenvalue weighted by atomic mass is 79.9. The van der Waals surface area contributed by atoms with Crippen molar-refractivity contribution in [3.8, 4) is 0 Å². The van der Waals surface area contributed by atoms with E-state index in [4.69, 9.17) is 0 Å². The fourth-order valence-electron chi connectivity index (χ4n) is 0.348. The molecule has 0 heterocycles. The Morgan fingerprint density at radius 2 is 1.88 bits per heavy atom. The quantitative estimate of drug-likeness (QED) is 0.467. The molecule has 4 heteroatoms. The number of hydrogen-bond donors (Lipinski definition) is 2. The van der Waals surface area contributed by atoms with E-state index in [1.807, 2.05) is 0 Å². The zero-order valence-electron chi connectivity index (χ0n) is 5.16. The number of quaternary nitrogens is 2. The molecule has 0 atom stereocenters. The summed E-state index contributed by atoms with van der Waals surface area (Å²) >= 11 is 0. The minimum Gasteiger partial charge on any atom is -1.00 e. The molecule has 0 aromatic rings. The first-order chi connectivity index (χ1) is 2.91. The smallest absolute Gasteiger partial charge is 0.125 e. The Bertz CT molecular complexity index is 24.0. The molecule has 54 valence electrons. The third kappa shape index (κ3) is 15.8. The van der Waals surface area contributed by atoms with Crippen molar-refractivity contribution in [2.24, 2.45) is 0 Å². The van der Waals surface area contributed by atoms with Crippen LogP contribution in [0.4, 0.5) is 0 Å². The van der Waals surface area contributed by atoms with Gasteiger partial charge in [0.05, 0.1) is 6.54 Å². The van der Waals surface area contributed by atoms with E-state index >= 15 is 0 Å². The van der Waals surface area contributed by atoms with Gasteiger partial charge in [-0.15, -0.1) is 0 Å². The van der Waals surface area contributed by atoms with Crippen molar-refractivity contribution in [3.05, 3.63) is 0 Å². The topological polar surface area (TPSA) is 44.2 Å². The summed E-state index contributed by atoms with van der Waals surface area (Å²) in [6, 6.07) is 0. The van der Waals surface area contributed by atoms with Crippen LogP contribution < -0.4 is 45.0 Å². The Kier molecular flexibility index (Phi) is 31.2. The largest absolute Gasteiger partial charge is 1.00 e. The van der Waals surface area contributed by atoms with Crippen LogP contribution in [0.2, 0.25) is 0 Å². The van der Waals surface area contributed by atoms with Crippen molar-refractivity contribution in [1.29, 1.82) is 0 Å². The molecule has 0 saturated carbocycles. The molecule has 0 saturated heterocycles. The van der Waals surface area contributed by atoms with Gasteiger partial charge in [-0.2, -0.15) is 0 Å². The van der Waals surface area contributed by atoms with Gasteiger partial charge in [-0.05, 0) is 6.92 Å². The van der Waals surface area contributed by atoms with Gasteiger partial charge in [0, 0.05) is 0 Å². The first-order valence-electron chi connectivity index (χ1n) is 2.52. The Morgan fingerprint density at radius 1 is 1.38 bits per heavy atom.